The van der Waals surface area contributed by atoms with Gasteiger partial charge in [-0.05, 0) is 75.7 Å². The first kappa shape index (κ1) is 29.8. The van der Waals surface area contributed by atoms with E-state index in [9.17, 15) is 15.0 Å². The molecule has 0 aromatic heterocycles. The smallest absolute Gasteiger partial charge is 0.302 e. The first-order valence-electron chi connectivity index (χ1n) is 14.5. The number of guanidine groups is 1. The third-order valence-corrected chi connectivity index (χ3v) is 8.30. The maximum absolute atomic E-state index is 12.1. The molecule has 1 spiro atoms. The zero-order chi connectivity index (χ0) is 28.5. The summed E-state index contributed by atoms with van der Waals surface area (Å²) in [4.78, 5) is 16.1. The van der Waals surface area contributed by atoms with Crippen LogP contribution in [0.4, 0.5) is 0 Å². The minimum absolute atomic E-state index is 0.0555. The van der Waals surface area contributed by atoms with Crippen molar-refractivity contribution in [3.8, 4) is 23.3 Å². The number of hydrogen-bond donors (Lipinski definition) is 5. The van der Waals surface area contributed by atoms with Crippen molar-refractivity contribution >= 4 is 11.9 Å². The van der Waals surface area contributed by atoms with Crippen molar-refractivity contribution in [2.75, 3.05) is 20.1 Å². The van der Waals surface area contributed by atoms with Crippen molar-refractivity contribution in [2.45, 2.75) is 89.1 Å². The minimum atomic E-state index is -0.647. The molecule has 5 atom stereocenters. The first-order valence-corrected chi connectivity index (χ1v) is 14.5. The number of aliphatic imine (C=N–C) groups is 1. The Morgan fingerprint density at radius 1 is 1.27 bits per heavy atom. The van der Waals surface area contributed by atoms with Gasteiger partial charge in [0.15, 0.2) is 17.5 Å². The molecule has 218 valence electrons. The van der Waals surface area contributed by atoms with Gasteiger partial charge in [0.2, 0.25) is 0 Å². The number of hydrogen-bond acceptors (Lipinski definition) is 7. The number of aromatic hydroxyl groups is 1. The first-order chi connectivity index (χ1) is 19.3. The van der Waals surface area contributed by atoms with Crippen molar-refractivity contribution < 1.29 is 24.5 Å². The van der Waals surface area contributed by atoms with E-state index < -0.39 is 17.6 Å². The van der Waals surface area contributed by atoms with Gasteiger partial charge in [0.25, 0.3) is 0 Å². The summed E-state index contributed by atoms with van der Waals surface area (Å²) in [5.74, 6) is 7.44. The molecule has 1 heterocycles. The molecular weight excluding hydrogens is 508 g/mol. The van der Waals surface area contributed by atoms with Gasteiger partial charge >= 0.3 is 5.97 Å². The van der Waals surface area contributed by atoms with Gasteiger partial charge in [0, 0.05) is 32.7 Å². The number of piperidine rings is 1. The Hall–Kier alpha value is -3.22. The van der Waals surface area contributed by atoms with E-state index in [2.05, 4.69) is 39.6 Å². The Bertz CT molecular complexity index is 1140. The van der Waals surface area contributed by atoms with Crippen LogP contribution in [0.3, 0.4) is 0 Å². The largest absolute Gasteiger partial charge is 0.504 e. The topological polar surface area (TPSA) is 138 Å². The van der Waals surface area contributed by atoms with Crippen molar-refractivity contribution in [1.82, 2.24) is 10.6 Å². The Morgan fingerprint density at radius 3 is 2.83 bits per heavy atom. The van der Waals surface area contributed by atoms with Crippen molar-refractivity contribution in [1.29, 1.82) is 0 Å². The molecular formula is C31H44N4O5. The molecule has 2 aliphatic carbocycles. The number of carbonyl (C=O) groups excluding carboxylic acids is 1. The van der Waals surface area contributed by atoms with Crippen molar-refractivity contribution in [3.63, 3.8) is 0 Å². The summed E-state index contributed by atoms with van der Waals surface area (Å²) in [5.41, 5.74) is 6.60. The predicted octanol–water partition coefficient (Wildman–Crippen LogP) is 2.79. The number of rotatable bonds is 6. The molecule has 0 unspecified atom stereocenters. The van der Waals surface area contributed by atoms with E-state index in [1.54, 1.807) is 13.1 Å². The molecule has 0 saturated carbocycles. The predicted molar refractivity (Wildman–Crippen MR) is 155 cm³/mol. The molecule has 1 aliphatic heterocycles. The van der Waals surface area contributed by atoms with Crippen LogP contribution in [0.2, 0.25) is 0 Å². The standard InChI is InChI=1S/C31H44N4O5/c1-21(36)39-27-20-24(37)10-15-31(13-4-3-7-29(31)35-30(32)33-2)14-5-6-23(27)18-22-8-9-26(38)28(19-22)40-25-11-16-34-17-12-25/h3,7-9,19,23-25,27,29,34,37-38H,4,6,10-13,15-18,20H2,1-2H3,(H3,32,33,35)/t23-,24-,27+,29+,31+/m0/s1. The number of phenols is 1. The van der Waals surface area contributed by atoms with Gasteiger partial charge in [-0.3, -0.25) is 9.79 Å². The molecule has 0 amide bonds. The number of carbonyl (C=O) groups is 1. The summed E-state index contributed by atoms with van der Waals surface area (Å²) >= 11 is 0. The van der Waals surface area contributed by atoms with E-state index in [4.69, 9.17) is 15.2 Å². The third-order valence-electron chi connectivity index (χ3n) is 8.30. The summed E-state index contributed by atoms with van der Waals surface area (Å²) < 4.78 is 11.9. The average molecular weight is 553 g/mol. The molecule has 0 radical (unpaired) electrons. The highest BCUT2D eigenvalue weighted by molar-refractivity contribution is 5.78. The van der Waals surface area contributed by atoms with Crippen molar-refractivity contribution in [3.05, 3.63) is 35.9 Å². The fourth-order valence-corrected chi connectivity index (χ4v) is 6.04. The number of aliphatic hydroxyl groups excluding tert-OH is 1. The maximum atomic E-state index is 12.1. The van der Waals surface area contributed by atoms with E-state index in [1.165, 1.54) is 6.92 Å². The molecule has 40 heavy (non-hydrogen) atoms. The second-order valence-electron chi connectivity index (χ2n) is 11.3. The van der Waals surface area contributed by atoms with Crippen LogP contribution in [0.5, 0.6) is 11.5 Å². The molecule has 4 rings (SSSR count). The van der Waals surface area contributed by atoms with E-state index in [0.717, 1.165) is 44.3 Å². The Balaban J connectivity index is 1.60. The molecule has 1 saturated heterocycles. The number of allylic oxidation sites excluding steroid dienone is 1. The molecule has 1 aromatic carbocycles. The second-order valence-corrected chi connectivity index (χ2v) is 11.3. The monoisotopic (exact) mass is 552 g/mol. The highest BCUT2D eigenvalue weighted by Crippen LogP contribution is 2.39. The Morgan fingerprint density at radius 2 is 2.08 bits per heavy atom. The summed E-state index contributed by atoms with van der Waals surface area (Å²) in [6, 6.07) is 5.30. The van der Waals surface area contributed by atoms with Gasteiger partial charge in [-0.1, -0.05) is 24.1 Å². The summed E-state index contributed by atoms with van der Waals surface area (Å²) in [5, 5.41) is 28.2. The van der Waals surface area contributed by atoms with E-state index in [0.29, 0.717) is 43.8 Å². The number of phenolic OH excluding ortho intramolecular Hbond substituents is 1. The van der Waals surface area contributed by atoms with Gasteiger partial charge in [-0.2, -0.15) is 0 Å². The van der Waals surface area contributed by atoms with Crippen LogP contribution in [0, 0.1) is 23.2 Å². The number of ether oxygens (including phenoxy) is 2. The van der Waals surface area contributed by atoms with Crippen LogP contribution in [-0.2, 0) is 16.0 Å². The van der Waals surface area contributed by atoms with Crippen LogP contribution in [0.25, 0.3) is 0 Å². The average Bonchev–Trinajstić information content (AvgIpc) is 2.94. The molecule has 3 aliphatic rings. The number of nitrogens with one attached hydrogen (secondary N) is 2. The lowest BCUT2D eigenvalue weighted by Gasteiger charge is -2.39. The lowest BCUT2D eigenvalue weighted by molar-refractivity contribution is -0.151. The van der Waals surface area contributed by atoms with Gasteiger partial charge in [-0.15, -0.1) is 5.92 Å². The van der Waals surface area contributed by atoms with Gasteiger partial charge in [0.1, 0.15) is 12.2 Å². The van der Waals surface area contributed by atoms with Crippen LogP contribution in [-0.4, -0.2) is 66.6 Å². The summed E-state index contributed by atoms with van der Waals surface area (Å²) in [7, 11) is 1.65. The molecule has 6 N–H and O–H groups in total. The highest BCUT2D eigenvalue weighted by atomic mass is 16.5. The van der Waals surface area contributed by atoms with Gasteiger partial charge in [-0.25, -0.2) is 0 Å². The highest BCUT2D eigenvalue weighted by Gasteiger charge is 2.39. The molecule has 1 aromatic rings. The third kappa shape index (κ3) is 7.92. The SMILES string of the molecule is CN=C(N)N[C@@H]1C=CCC[C@]12C#CC[C@@H](Cc1ccc(O)c(OC3CCNCC3)c1)[C@H](OC(C)=O)C[C@@H](O)CC2. The van der Waals surface area contributed by atoms with E-state index >= 15 is 0 Å². The lowest BCUT2D eigenvalue weighted by Crippen LogP contribution is -2.50. The molecule has 1 fully saturated rings. The van der Waals surface area contributed by atoms with Crippen LogP contribution in [0.1, 0.15) is 63.9 Å². The van der Waals surface area contributed by atoms with E-state index in [1.807, 2.05) is 12.1 Å². The molecule has 9 heteroatoms. The maximum Gasteiger partial charge on any atom is 0.302 e. The van der Waals surface area contributed by atoms with Crippen molar-refractivity contribution in [2.24, 2.45) is 22.1 Å². The van der Waals surface area contributed by atoms with Gasteiger partial charge in [0.05, 0.1) is 17.6 Å². The van der Waals surface area contributed by atoms with Crippen LogP contribution >= 0.6 is 0 Å². The number of benzene rings is 1. The second kappa shape index (κ2) is 13.9. The zero-order valence-electron chi connectivity index (χ0n) is 23.7. The number of aliphatic hydroxyl groups is 1. The minimum Gasteiger partial charge on any atom is -0.504 e. The number of nitrogens with two attached hydrogens (primary N) is 1. The summed E-state index contributed by atoms with van der Waals surface area (Å²) in [6.07, 6.45) is 9.30. The number of esters is 1. The quantitative estimate of drug-likeness (QED) is 0.119. The van der Waals surface area contributed by atoms with E-state index in [-0.39, 0.29) is 29.8 Å². The molecule has 0 bridgehead atoms. The normalized spacial score (nSPS) is 29.7. The fourth-order valence-electron chi connectivity index (χ4n) is 6.04. The lowest BCUT2D eigenvalue weighted by atomic mass is 9.69. The van der Waals surface area contributed by atoms with Crippen LogP contribution < -0.4 is 21.1 Å². The zero-order valence-corrected chi connectivity index (χ0v) is 23.7. The summed E-state index contributed by atoms with van der Waals surface area (Å²) in [6.45, 7) is 3.19. The fraction of sp³-hybridized carbons (Fsp3) is 0.613. The molecule has 9 nitrogen and oxygen atoms in total. The number of nitrogens with zero attached hydrogens (tertiary/aromatic N) is 1. The Labute approximate surface area is 237 Å². The Kier molecular flexibility index (Phi) is 10.3. The van der Waals surface area contributed by atoms with Gasteiger partial charge < -0.3 is 36.1 Å². The van der Waals surface area contributed by atoms with Crippen LogP contribution in [0.15, 0.2) is 35.3 Å².